The number of amides is 3. The molecule has 2 aliphatic heterocycles. The molecule has 2 aromatic rings. The highest BCUT2D eigenvalue weighted by Gasteiger charge is 2.52. The number of aromatic nitrogens is 2. The zero-order valence-electron chi connectivity index (χ0n) is 14.7. The van der Waals surface area contributed by atoms with Gasteiger partial charge in [0, 0.05) is 7.05 Å². The van der Waals surface area contributed by atoms with Crippen LogP contribution in [0.5, 0.6) is 0 Å². The average molecular weight is 338 g/mol. The molecule has 1 unspecified atom stereocenters. The van der Waals surface area contributed by atoms with Crippen molar-refractivity contribution < 1.29 is 14.2 Å². The van der Waals surface area contributed by atoms with Gasteiger partial charge in [0.25, 0.3) is 5.91 Å². The van der Waals surface area contributed by atoms with Gasteiger partial charge in [-0.25, -0.2) is 13.9 Å². The number of hydrogen-bond donors (Lipinski definition) is 0. The zero-order valence-corrected chi connectivity index (χ0v) is 14.7. The number of carbonyl (C=O) groups excluding carboxylic acids is 2. The fraction of sp³-hybridized carbons (Fsp3) is 0.333. The molecule has 0 aliphatic carbocycles. The van der Waals surface area contributed by atoms with E-state index < -0.39 is 6.04 Å². The van der Waals surface area contributed by atoms with Crippen LogP contribution in [0.15, 0.2) is 35.5 Å². The van der Waals surface area contributed by atoms with E-state index in [1.807, 2.05) is 60.5 Å². The fourth-order valence-corrected chi connectivity index (χ4v) is 3.40. The summed E-state index contributed by atoms with van der Waals surface area (Å²) < 4.78 is 3.77. The lowest BCUT2D eigenvalue weighted by molar-refractivity contribution is -0.677. The number of hydrogen-bond acceptors (Lipinski definition) is 3. The quantitative estimate of drug-likeness (QED) is 0.781. The van der Waals surface area contributed by atoms with Gasteiger partial charge >= 0.3 is 12.0 Å². The summed E-state index contributed by atoms with van der Waals surface area (Å²) in [6, 6.07) is 6.87. The van der Waals surface area contributed by atoms with E-state index in [1.54, 1.807) is 7.05 Å². The van der Waals surface area contributed by atoms with Crippen LogP contribution >= 0.6 is 0 Å². The van der Waals surface area contributed by atoms with E-state index in [1.165, 1.54) is 9.80 Å². The van der Waals surface area contributed by atoms with Crippen LogP contribution in [0.4, 0.5) is 10.7 Å². The molecule has 0 radical (unpaired) electrons. The minimum absolute atomic E-state index is 0.237. The van der Waals surface area contributed by atoms with E-state index in [0.29, 0.717) is 11.8 Å². The van der Waals surface area contributed by atoms with Gasteiger partial charge in [-0.1, -0.05) is 29.3 Å². The Hall–Kier alpha value is -2.96. The number of amidine groups is 1. The minimum Gasteiger partial charge on any atom is -0.270 e. The number of likely N-dealkylation sites (N-methyl/N-ethyl adjacent to an activating group) is 1. The largest absolute Gasteiger partial charge is 0.401 e. The normalized spacial score (nSPS) is 19.2. The molecule has 25 heavy (non-hydrogen) atoms. The molecule has 0 bridgehead atoms. The molecular formula is C18H20N5O2+. The van der Waals surface area contributed by atoms with Crippen LogP contribution in [-0.4, -0.2) is 39.2 Å². The van der Waals surface area contributed by atoms with E-state index in [2.05, 4.69) is 4.99 Å². The summed E-state index contributed by atoms with van der Waals surface area (Å²) in [6.45, 7) is 4.21. The number of urea groups is 1. The van der Waals surface area contributed by atoms with Crippen molar-refractivity contribution in [1.29, 1.82) is 0 Å². The molecule has 2 aliphatic rings. The fourth-order valence-electron chi connectivity index (χ4n) is 3.40. The topological polar surface area (TPSA) is 61.8 Å². The third kappa shape index (κ3) is 2.12. The third-order valence-electron chi connectivity index (χ3n) is 5.07. The number of imide groups is 1. The first kappa shape index (κ1) is 15.6. The molecule has 1 atom stereocenters. The first-order valence-corrected chi connectivity index (χ1v) is 8.19. The first-order chi connectivity index (χ1) is 11.9. The zero-order chi connectivity index (χ0) is 17.9. The van der Waals surface area contributed by atoms with Crippen molar-refractivity contribution in [1.82, 2.24) is 14.4 Å². The van der Waals surface area contributed by atoms with Crippen molar-refractivity contribution >= 4 is 23.7 Å². The molecular weight excluding hydrogens is 318 g/mol. The Morgan fingerprint density at radius 3 is 2.60 bits per heavy atom. The van der Waals surface area contributed by atoms with E-state index in [-0.39, 0.29) is 18.5 Å². The second-order valence-electron chi connectivity index (χ2n) is 6.60. The van der Waals surface area contributed by atoms with Gasteiger partial charge in [-0.3, -0.25) is 14.6 Å². The smallest absolute Gasteiger partial charge is 0.270 e. The Morgan fingerprint density at radius 2 is 1.88 bits per heavy atom. The van der Waals surface area contributed by atoms with Gasteiger partial charge in [-0.15, -0.1) is 0 Å². The van der Waals surface area contributed by atoms with Gasteiger partial charge in [0.15, 0.2) is 0 Å². The lowest BCUT2D eigenvalue weighted by Gasteiger charge is -2.33. The van der Waals surface area contributed by atoms with Crippen LogP contribution in [0.2, 0.25) is 0 Å². The average Bonchev–Trinajstić information content (AvgIpc) is 3.08. The molecule has 128 valence electrons. The molecule has 1 fully saturated rings. The van der Waals surface area contributed by atoms with Crippen molar-refractivity contribution in [2.24, 2.45) is 12.0 Å². The number of aliphatic imine (C=N–C) groups is 1. The maximum atomic E-state index is 13.1. The van der Waals surface area contributed by atoms with Crippen LogP contribution in [-0.2, 0) is 18.4 Å². The van der Waals surface area contributed by atoms with E-state index >= 15 is 0 Å². The number of nitrogens with zero attached hydrogens (tertiary/aromatic N) is 5. The summed E-state index contributed by atoms with van der Waals surface area (Å²) in [5.41, 5.74) is 3.03. The maximum absolute atomic E-state index is 13.1. The van der Waals surface area contributed by atoms with Gasteiger partial charge in [0.2, 0.25) is 11.9 Å². The van der Waals surface area contributed by atoms with Crippen molar-refractivity contribution in [2.75, 3.05) is 7.05 Å². The molecule has 0 spiro atoms. The minimum atomic E-state index is -0.582. The second-order valence-corrected chi connectivity index (χ2v) is 6.60. The Kier molecular flexibility index (Phi) is 3.28. The molecule has 1 aromatic heterocycles. The maximum Gasteiger partial charge on any atom is 0.401 e. The SMILES string of the molecule is Cc1ccccc1CN1C(=O)C2C(=Nc3n(C)c(C)c[n+]32)N(C)C1=O. The third-order valence-corrected chi connectivity index (χ3v) is 5.07. The monoisotopic (exact) mass is 338 g/mol. The standard InChI is InChI=1S/C18H20N5O2/c1-11-7-5-6-8-13(11)10-23-16(24)14-15(21(4)18(23)25)19-17-20(3)12(2)9-22(14)17/h5-9,14H,10H2,1-4H3/q+1. The van der Waals surface area contributed by atoms with E-state index in [0.717, 1.165) is 16.8 Å². The molecule has 0 N–H and O–H groups in total. The van der Waals surface area contributed by atoms with Gasteiger partial charge in [0.1, 0.15) is 11.9 Å². The summed E-state index contributed by atoms with van der Waals surface area (Å²) in [4.78, 5) is 33.2. The summed E-state index contributed by atoms with van der Waals surface area (Å²) >= 11 is 0. The van der Waals surface area contributed by atoms with Gasteiger partial charge in [-0.2, -0.15) is 0 Å². The molecule has 7 nitrogen and oxygen atoms in total. The molecule has 3 amide bonds. The Labute approximate surface area is 145 Å². The lowest BCUT2D eigenvalue weighted by Crippen LogP contribution is -2.62. The number of benzene rings is 1. The highest BCUT2D eigenvalue weighted by atomic mass is 16.2. The summed E-state index contributed by atoms with van der Waals surface area (Å²) in [5, 5.41) is 0. The highest BCUT2D eigenvalue weighted by molar-refractivity contribution is 6.19. The molecule has 0 saturated carbocycles. The number of carbonyl (C=O) groups is 2. The van der Waals surface area contributed by atoms with Crippen molar-refractivity contribution in [3.05, 3.63) is 47.3 Å². The predicted octanol–water partition coefficient (Wildman–Crippen LogP) is 1.61. The highest BCUT2D eigenvalue weighted by Crippen LogP contribution is 2.29. The molecule has 7 heteroatoms. The van der Waals surface area contributed by atoms with Crippen molar-refractivity contribution in [3.63, 3.8) is 0 Å². The number of rotatable bonds is 2. The van der Waals surface area contributed by atoms with E-state index in [4.69, 9.17) is 0 Å². The van der Waals surface area contributed by atoms with Crippen molar-refractivity contribution in [3.8, 4) is 0 Å². The van der Waals surface area contributed by atoms with Gasteiger partial charge < -0.3 is 0 Å². The van der Waals surface area contributed by atoms with Crippen molar-refractivity contribution in [2.45, 2.75) is 26.4 Å². The van der Waals surface area contributed by atoms with Crippen LogP contribution < -0.4 is 4.57 Å². The van der Waals surface area contributed by atoms with Gasteiger partial charge in [-0.05, 0) is 25.0 Å². The Bertz CT molecular complexity index is 943. The molecule has 3 heterocycles. The Morgan fingerprint density at radius 1 is 1.16 bits per heavy atom. The number of fused-ring (bicyclic) bond motifs is 3. The molecule has 1 aromatic carbocycles. The van der Waals surface area contributed by atoms with Gasteiger partial charge in [0.05, 0.1) is 13.6 Å². The van der Waals surface area contributed by atoms with E-state index in [9.17, 15) is 9.59 Å². The van der Waals surface area contributed by atoms with Crippen LogP contribution in [0.25, 0.3) is 0 Å². The van der Waals surface area contributed by atoms with Crippen LogP contribution in [0.3, 0.4) is 0 Å². The number of aryl methyl sites for hydroxylation is 2. The van der Waals surface area contributed by atoms with Crippen LogP contribution in [0.1, 0.15) is 22.9 Å². The molecule has 4 rings (SSSR count). The summed E-state index contributed by atoms with van der Waals surface area (Å²) in [5.74, 6) is 0.935. The van der Waals surface area contributed by atoms with Crippen LogP contribution in [0, 0.1) is 13.8 Å². The Balaban J connectivity index is 1.75. The summed E-state index contributed by atoms with van der Waals surface area (Å²) in [6.07, 6.45) is 1.91. The second kappa shape index (κ2) is 5.27. The molecule has 1 saturated heterocycles. The lowest BCUT2D eigenvalue weighted by atomic mass is 10.1. The first-order valence-electron chi connectivity index (χ1n) is 8.19. The summed E-state index contributed by atoms with van der Waals surface area (Å²) in [7, 11) is 3.57. The predicted molar refractivity (Wildman–Crippen MR) is 91.4 cm³/mol. The number of imidazole rings is 1.